The Hall–Kier alpha value is -2.61. The van der Waals surface area contributed by atoms with Crippen LogP contribution in [0.1, 0.15) is 37.1 Å². The van der Waals surface area contributed by atoms with Gasteiger partial charge in [-0.2, -0.15) is 4.37 Å². The van der Waals surface area contributed by atoms with Crippen LogP contribution < -0.4 is 14.8 Å². The van der Waals surface area contributed by atoms with E-state index in [1.807, 2.05) is 36.0 Å². The molecule has 1 N–H and O–H groups in total. The Morgan fingerprint density at radius 1 is 1.15 bits per heavy atom. The second-order valence-electron chi connectivity index (χ2n) is 6.73. The highest BCUT2D eigenvalue weighted by Crippen LogP contribution is 2.32. The van der Waals surface area contributed by atoms with Gasteiger partial charge in [0.2, 0.25) is 5.13 Å². The summed E-state index contributed by atoms with van der Waals surface area (Å²) in [4.78, 5) is 9.17. The summed E-state index contributed by atoms with van der Waals surface area (Å²) in [5.74, 6) is 3.69. The fourth-order valence-electron chi connectivity index (χ4n) is 2.83. The van der Waals surface area contributed by atoms with Gasteiger partial charge in [0.05, 0.1) is 14.2 Å². The van der Waals surface area contributed by atoms with Crippen molar-refractivity contribution in [2.45, 2.75) is 26.3 Å². The summed E-state index contributed by atoms with van der Waals surface area (Å²) in [5.41, 5.74) is 0.973. The molecule has 0 spiro atoms. The second kappa shape index (κ2) is 8.39. The van der Waals surface area contributed by atoms with Gasteiger partial charge >= 0.3 is 0 Å². The summed E-state index contributed by atoms with van der Waals surface area (Å²) in [6.45, 7) is 4.32. The fourth-order valence-corrected chi connectivity index (χ4v) is 3.46. The van der Waals surface area contributed by atoms with Crippen molar-refractivity contribution in [2.75, 3.05) is 19.5 Å². The van der Waals surface area contributed by atoms with Crippen molar-refractivity contribution < 1.29 is 9.47 Å². The van der Waals surface area contributed by atoms with E-state index in [0.717, 1.165) is 40.3 Å². The maximum absolute atomic E-state index is 5.43. The van der Waals surface area contributed by atoms with Gasteiger partial charge in [0.25, 0.3) is 0 Å². The molecule has 1 atom stereocenters. The summed E-state index contributed by atoms with van der Waals surface area (Å²) in [5, 5.41) is 4.25. The Kier molecular flexibility index (Phi) is 5.95. The number of hydrogen-bond donors (Lipinski definition) is 1. The Morgan fingerprint density at radius 3 is 2.41 bits per heavy atom. The van der Waals surface area contributed by atoms with Gasteiger partial charge in [0, 0.05) is 43.5 Å². The maximum Gasteiger partial charge on any atom is 0.203 e. The molecule has 7 nitrogen and oxygen atoms in total. The second-order valence-corrected chi connectivity index (χ2v) is 7.49. The van der Waals surface area contributed by atoms with Crippen molar-refractivity contribution in [2.24, 2.45) is 13.0 Å². The molecule has 27 heavy (non-hydrogen) atoms. The molecule has 1 aromatic carbocycles. The molecule has 0 aliphatic carbocycles. The molecule has 0 amide bonds. The summed E-state index contributed by atoms with van der Waals surface area (Å²) in [6, 6.07) is 5.59. The molecule has 0 bridgehead atoms. The molecule has 0 radical (unpaired) electrons. The van der Waals surface area contributed by atoms with E-state index in [-0.39, 0.29) is 6.04 Å². The first-order chi connectivity index (χ1) is 13.0. The predicted molar refractivity (Wildman–Crippen MR) is 107 cm³/mol. The molecule has 144 valence electrons. The van der Waals surface area contributed by atoms with Crippen LogP contribution in [0.5, 0.6) is 11.5 Å². The van der Waals surface area contributed by atoms with E-state index >= 15 is 0 Å². The first-order valence-electron chi connectivity index (χ1n) is 8.79. The topological polar surface area (TPSA) is 74.1 Å². The Morgan fingerprint density at radius 2 is 1.85 bits per heavy atom. The van der Waals surface area contributed by atoms with Crippen LogP contribution in [0.3, 0.4) is 0 Å². The average molecular weight is 388 g/mol. The molecule has 0 aliphatic rings. The van der Waals surface area contributed by atoms with E-state index in [1.54, 1.807) is 20.4 Å². The zero-order valence-electron chi connectivity index (χ0n) is 16.3. The van der Waals surface area contributed by atoms with Crippen LogP contribution in [-0.2, 0) is 13.5 Å². The molecule has 0 aliphatic heterocycles. The first-order valence-corrected chi connectivity index (χ1v) is 9.56. The van der Waals surface area contributed by atoms with Gasteiger partial charge in [-0.15, -0.1) is 0 Å². The molecule has 3 aromatic rings. The first kappa shape index (κ1) is 19.2. The van der Waals surface area contributed by atoms with Crippen LogP contribution in [0, 0.1) is 5.92 Å². The number of nitrogens with zero attached hydrogens (tertiary/aromatic N) is 4. The zero-order chi connectivity index (χ0) is 19.4. The summed E-state index contributed by atoms with van der Waals surface area (Å²) in [7, 11) is 5.26. The molecule has 0 fully saturated rings. The van der Waals surface area contributed by atoms with E-state index in [9.17, 15) is 0 Å². The maximum atomic E-state index is 5.43. The Labute approximate surface area is 163 Å². The summed E-state index contributed by atoms with van der Waals surface area (Å²) >= 11 is 1.37. The lowest BCUT2D eigenvalue weighted by Gasteiger charge is -2.20. The van der Waals surface area contributed by atoms with Crippen LogP contribution >= 0.6 is 11.5 Å². The van der Waals surface area contributed by atoms with Crippen LogP contribution in [0.25, 0.3) is 0 Å². The fraction of sp³-hybridized carbons (Fsp3) is 0.421. The number of methoxy groups -OCH3 is 2. The van der Waals surface area contributed by atoms with Gasteiger partial charge in [0.1, 0.15) is 29.2 Å². The van der Waals surface area contributed by atoms with Crippen molar-refractivity contribution in [3.8, 4) is 11.5 Å². The molecular formula is C19H25N5O2S. The average Bonchev–Trinajstić information content (AvgIpc) is 3.27. The van der Waals surface area contributed by atoms with Gasteiger partial charge in [-0.3, -0.25) is 0 Å². The molecule has 0 saturated carbocycles. The molecule has 2 heterocycles. The lowest BCUT2D eigenvalue weighted by molar-refractivity contribution is 0.393. The predicted octanol–water partition coefficient (Wildman–Crippen LogP) is 3.69. The van der Waals surface area contributed by atoms with Crippen molar-refractivity contribution in [3.05, 3.63) is 47.8 Å². The molecule has 0 saturated heterocycles. The number of aryl methyl sites for hydroxylation is 1. The van der Waals surface area contributed by atoms with Gasteiger partial charge in [-0.1, -0.05) is 13.8 Å². The van der Waals surface area contributed by atoms with Gasteiger partial charge < -0.3 is 19.4 Å². The SMILES string of the molecule is COc1cc(OC)cc(C(Nc2nc(CC(C)C)ns2)c2nccn2C)c1. The summed E-state index contributed by atoms with van der Waals surface area (Å²) < 4.78 is 17.3. The minimum Gasteiger partial charge on any atom is -0.497 e. The molecule has 1 unspecified atom stereocenters. The third-order valence-corrected chi connectivity index (χ3v) is 4.83. The molecule has 2 aromatic heterocycles. The lowest BCUT2D eigenvalue weighted by Crippen LogP contribution is -2.17. The quantitative estimate of drug-likeness (QED) is 0.635. The van der Waals surface area contributed by atoms with Crippen LogP contribution in [0.4, 0.5) is 5.13 Å². The van der Waals surface area contributed by atoms with Gasteiger partial charge in [-0.25, -0.2) is 9.97 Å². The van der Waals surface area contributed by atoms with Crippen LogP contribution in [-0.4, -0.2) is 33.1 Å². The normalized spacial score (nSPS) is 12.2. The molecular weight excluding hydrogens is 362 g/mol. The van der Waals surface area contributed by atoms with E-state index in [4.69, 9.17) is 9.47 Å². The summed E-state index contributed by atoms with van der Waals surface area (Å²) in [6.07, 6.45) is 4.57. The number of rotatable bonds is 8. The standard InChI is InChI=1S/C19H25N5O2S/c1-12(2)8-16-21-19(27-23-16)22-17(18-20-6-7-24(18)3)13-9-14(25-4)11-15(10-13)26-5/h6-7,9-12,17H,8H2,1-5H3,(H,21,22,23). The number of nitrogens with one attached hydrogen (secondary N) is 1. The van der Waals surface area contributed by atoms with Crippen molar-refractivity contribution >= 4 is 16.7 Å². The molecule has 8 heteroatoms. The number of hydrogen-bond acceptors (Lipinski definition) is 7. The highest BCUT2D eigenvalue weighted by molar-refractivity contribution is 7.09. The van der Waals surface area contributed by atoms with Crippen molar-refractivity contribution in [1.82, 2.24) is 18.9 Å². The van der Waals surface area contributed by atoms with Crippen LogP contribution in [0.2, 0.25) is 0 Å². The van der Waals surface area contributed by atoms with Gasteiger partial charge in [0.15, 0.2) is 0 Å². The third-order valence-electron chi connectivity index (χ3n) is 4.15. The number of anilines is 1. The van der Waals surface area contributed by atoms with Crippen LogP contribution in [0.15, 0.2) is 30.6 Å². The zero-order valence-corrected chi connectivity index (χ0v) is 17.1. The highest BCUT2D eigenvalue weighted by Gasteiger charge is 2.22. The number of imidazole rings is 1. The Bertz CT molecular complexity index is 868. The van der Waals surface area contributed by atoms with Gasteiger partial charge in [-0.05, 0) is 23.6 Å². The monoisotopic (exact) mass is 387 g/mol. The number of ether oxygens (including phenoxy) is 2. The van der Waals surface area contributed by atoms with E-state index in [0.29, 0.717) is 5.92 Å². The number of aromatic nitrogens is 4. The smallest absolute Gasteiger partial charge is 0.203 e. The van der Waals surface area contributed by atoms with E-state index in [2.05, 4.69) is 33.5 Å². The Balaban J connectivity index is 1.98. The minimum absolute atomic E-state index is 0.214. The largest absolute Gasteiger partial charge is 0.497 e. The van der Waals surface area contributed by atoms with E-state index in [1.165, 1.54) is 11.5 Å². The van der Waals surface area contributed by atoms with E-state index < -0.39 is 0 Å². The minimum atomic E-state index is -0.214. The molecule has 3 rings (SSSR count). The highest BCUT2D eigenvalue weighted by atomic mass is 32.1. The lowest BCUT2D eigenvalue weighted by atomic mass is 10.1. The van der Waals surface area contributed by atoms with Crippen molar-refractivity contribution in [3.63, 3.8) is 0 Å². The van der Waals surface area contributed by atoms with Crippen molar-refractivity contribution in [1.29, 1.82) is 0 Å². The number of benzene rings is 1. The third kappa shape index (κ3) is 4.57.